The summed E-state index contributed by atoms with van der Waals surface area (Å²) in [5.41, 5.74) is 2.91. The van der Waals surface area contributed by atoms with Crippen LogP contribution in [0.25, 0.3) is 16.9 Å². The highest BCUT2D eigenvalue weighted by molar-refractivity contribution is 9.10. The number of benzene rings is 1. The minimum atomic E-state index is -0.324. The van der Waals surface area contributed by atoms with Crippen molar-refractivity contribution in [1.82, 2.24) is 14.5 Å². The van der Waals surface area contributed by atoms with Crippen LogP contribution in [-0.4, -0.2) is 14.5 Å². The first kappa shape index (κ1) is 14.5. The van der Waals surface area contributed by atoms with Crippen molar-refractivity contribution in [2.24, 2.45) is 0 Å². The molecule has 0 fully saturated rings. The summed E-state index contributed by atoms with van der Waals surface area (Å²) in [6.07, 6.45) is 0. The van der Waals surface area contributed by atoms with Gasteiger partial charge in [-0.1, -0.05) is 0 Å². The number of rotatable bonds is 2. The standard InChI is InChI=1S/C15H12BrClFN3/c1-8-3-6-12-15(19-8)21(14(20-12)9(2)17)13-7-10(18)4-5-11(13)16/h3-7,9H,1-2H3. The topological polar surface area (TPSA) is 30.7 Å². The number of aromatic nitrogens is 3. The first-order chi connectivity index (χ1) is 9.97. The molecule has 0 bridgehead atoms. The number of hydrogen-bond acceptors (Lipinski definition) is 2. The maximum Gasteiger partial charge on any atom is 0.165 e. The normalized spacial score (nSPS) is 12.8. The minimum absolute atomic E-state index is 0.323. The smallest absolute Gasteiger partial charge is 0.165 e. The molecule has 0 aliphatic heterocycles. The molecule has 6 heteroatoms. The third-order valence-electron chi connectivity index (χ3n) is 3.17. The lowest BCUT2D eigenvalue weighted by molar-refractivity contribution is 0.626. The zero-order chi connectivity index (χ0) is 15.1. The highest BCUT2D eigenvalue weighted by Gasteiger charge is 2.19. The Bertz CT molecular complexity index is 829. The number of pyridine rings is 1. The first-order valence-corrected chi connectivity index (χ1v) is 7.66. The van der Waals surface area contributed by atoms with Gasteiger partial charge in [0.2, 0.25) is 0 Å². The number of imidazole rings is 1. The average molecular weight is 369 g/mol. The summed E-state index contributed by atoms with van der Waals surface area (Å²) in [7, 11) is 0. The van der Waals surface area contributed by atoms with Gasteiger partial charge in [0.15, 0.2) is 5.65 Å². The molecule has 0 saturated heterocycles. The molecular formula is C15H12BrClFN3. The van der Waals surface area contributed by atoms with Gasteiger partial charge in [-0.2, -0.15) is 0 Å². The molecule has 0 spiro atoms. The molecule has 0 saturated carbocycles. The van der Waals surface area contributed by atoms with Crippen LogP contribution in [0.1, 0.15) is 23.8 Å². The van der Waals surface area contributed by atoms with Crippen LogP contribution in [0.2, 0.25) is 0 Å². The van der Waals surface area contributed by atoms with Crippen molar-refractivity contribution in [2.75, 3.05) is 0 Å². The van der Waals surface area contributed by atoms with Crippen LogP contribution < -0.4 is 0 Å². The van der Waals surface area contributed by atoms with Crippen molar-refractivity contribution in [2.45, 2.75) is 19.2 Å². The molecule has 0 aliphatic carbocycles. The van der Waals surface area contributed by atoms with Crippen LogP contribution in [0.4, 0.5) is 4.39 Å². The van der Waals surface area contributed by atoms with Crippen molar-refractivity contribution in [3.63, 3.8) is 0 Å². The van der Waals surface area contributed by atoms with E-state index in [1.165, 1.54) is 12.1 Å². The van der Waals surface area contributed by atoms with Gasteiger partial charge in [0.05, 0.1) is 11.1 Å². The van der Waals surface area contributed by atoms with Gasteiger partial charge < -0.3 is 0 Å². The lowest BCUT2D eigenvalue weighted by atomic mass is 10.3. The summed E-state index contributed by atoms with van der Waals surface area (Å²) in [5.74, 6) is 0.312. The van der Waals surface area contributed by atoms with E-state index in [1.54, 1.807) is 10.6 Å². The third kappa shape index (κ3) is 2.56. The van der Waals surface area contributed by atoms with Crippen molar-refractivity contribution in [3.8, 4) is 5.69 Å². The lowest BCUT2D eigenvalue weighted by Gasteiger charge is -2.12. The van der Waals surface area contributed by atoms with Gasteiger partial charge in [-0.05, 0) is 60.1 Å². The van der Waals surface area contributed by atoms with Gasteiger partial charge in [0.25, 0.3) is 0 Å². The van der Waals surface area contributed by atoms with Crippen molar-refractivity contribution in [3.05, 3.63) is 52.1 Å². The predicted molar refractivity (Wildman–Crippen MR) is 85.5 cm³/mol. The van der Waals surface area contributed by atoms with Gasteiger partial charge in [-0.15, -0.1) is 11.6 Å². The van der Waals surface area contributed by atoms with E-state index in [0.29, 0.717) is 17.2 Å². The van der Waals surface area contributed by atoms with E-state index in [0.717, 1.165) is 15.7 Å². The van der Waals surface area contributed by atoms with Crippen LogP contribution in [-0.2, 0) is 0 Å². The number of hydrogen-bond donors (Lipinski definition) is 0. The van der Waals surface area contributed by atoms with E-state index in [1.807, 2.05) is 26.0 Å². The molecule has 2 heterocycles. The Balaban J connectivity index is 2.41. The molecular weight excluding hydrogens is 357 g/mol. The molecule has 1 aromatic carbocycles. The summed E-state index contributed by atoms with van der Waals surface area (Å²) >= 11 is 9.69. The summed E-state index contributed by atoms with van der Waals surface area (Å²) < 4.78 is 16.2. The van der Waals surface area contributed by atoms with Crippen LogP contribution >= 0.6 is 27.5 Å². The van der Waals surface area contributed by atoms with Crippen LogP contribution in [0.5, 0.6) is 0 Å². The second kappa shape index (κ2) is 5.39. The zero-order valence-corrected chi connectivity index (χ0v) is 13.8. The van der Waals surface area contributed by atoms with Crippen LogP contribution in [0.3, 0.4) is 0 Å². The molecule has 3 nitrogen and oxygen atoms in total. The first-order valence-electron chi connectivity index (χ1n) is 6.43. The molecule has 0 N–H and O–H groups in total. The molecule has 21 heavy (non-hydrogen) atoms. The van der Waals surface area contributed by atoms with E-state index < -0.39 is 0 Å². The Morgan fingerprint density at radius 2 is 2.00 bits per heavy atom. The second-order valence-electron chi connectivity index (χ2n) is 4.81. The van der Waals surface area contributed by atoms with E-state index in [4.69, 9.17) is 11.6 Å². The number of nitrogens with zero attached hydrogens (tertiary/aromatic N) is 3. The predicted octanol–water partition coefficient (Wildman–Crippen LogP) is 4.93. The summed E-state index contributed by atoms with van der Waals surface area (Å²) in [6.45, 7) is 3.74. The van der Waals surface area contributed by atoms with E-state index >= 15 is 0 Å². The fourth-order valence-electron chi connectivity index (χ4n) is 2.23. The Kier molecular flexibility index (Phi) is 3.71. The van der Waals surface area contributed by atoms with Gasteiger partial charge in [0, 0.05) is 10.2 Å². The lowest BCUT2D eigenvalue weighted by Crippen LogP contribution is -2.04. The van der Waals surface area contributed by atoms with E-state index in [2.05, 4.69) is 25.9 Å². The van der Waals surface area contributed by atoms with E-state index in [9.17, 15) is 4.39 Å². The third-order valence-corrected chi connectivity index (χ3v) is 4.04. The number of halogens is 3. The second-order valence-corrected chi connectivity index (χ2v) is 6.32. The molecule has 0 aliphatic rings. The SMILES string of the molecule is Cc1ccc2nc(C(C)Cl)n(-c3cc(F)ccc3Br)c2n1. The Hall–Kier alpha value is -1.46. The highest BCUT2D eigenvalue weighted by Crippen LogP contribution is 2.31. The fraction of sp³-hybridized carbons (Fsp3) is 0.200. The Morgan fingerprint density at radius 3 is 2.71 bits per heavy atom. The zero-order valence-electron chi connectivity index (χ0n) is 11.4. The Labute approximate surface area is 134 Å². The molecule has 3 rings (SSSR count). The van der Waals surface area contributed by atoms with Crippen molar-refractivity contribution in [1.29, 1.82) is 0 Å². The maximum atomic E-state index is 13.6. The highest BCUT2D eigenvalue weighted by atomic mass is 79.9. The largest absolute Gasteiger partial charge is 0.278 e. The molecule has 0 radical (unpaired) electrons. The molecule has 3 aromatic rings. The van der Waals surface area contributed by atoms with Gasteiger partial charge in [-0.25, -0.2) is 14.4 Å². The molecule has 1 atom stereocenters. The molecule has 0 amide bonds. The van der Waals surface area contributed by atoms with Gasteiger partial charge in [-0.3, -0.25) is 4.57 Å². The molecule has 108 valence electrons. The van der Waals surface area contributed by atoms with Gasteiger partial charge >= 0.3 is 0 Å². The molecule has 1 unspecified atom stereocenters. The van der Waals surface area contributed by atoms with Crippen molar-refractivity contribution >= 4 is 38.7 Å². The van der Waals surface area contributed by atoms with E-state index in [-0.39, 0.29) is 11.2 Å². The molecule has 2 aromatic heterocycles. The Morgan fingerprint density at radius 1 is 1.24 bits per heavy atom. The quantitative estimate of drug-likeness (QED) is 0.600. The van der Waals surface area contributed by atoms with Gasteiger partial charge in [0.1, 0.15) is 17.2 Å². The number of fused-ring (bicyclic) bond motifs is 1. The fourth-order valence-corrected chi connectivity index (χ4v) is 2.80. The van der Waals surface area contributed by atoms with Crippen molar-refractivity contribution < 1.29 is 4.39 Å². The van der Waals surface area contributed by atoms with Crippen LogP contribution in [0.15, 0.2) is 34.8 Å². The summed E-state index contributed by atoms with van der Waals surface area (Å²) in [6, 6.07) is 8.29. The van der Waals surface area contributed by atoms with Crippen LogP contribution in [0, 0.1) is 12.7 Å². The average Bonchev–Trinajstić information content (AvgIpc) is 2.80. The monoisotopic (exact) mass is 367 g/mol. The number of aryl methyl sites for hydroxylation is 1. The number of alkyl halides is 1. The maximum absolute atomic E-state index is 13.6. The minimum Gasteiger partial charge on any atom is -0.278 e. The summed E-state index contributed by atoms with van der Waals surface area (Å²) in [4.78, 5) is 9.05. The summed E-state index contributed by atoms with van der Waals surface area (Å²) in [5, 5.41) is -0.324.